The molecule has 4 nitrogen and oxygen atoms in total. The second kappa shape index (κ2) is 6.20. The van der Waals surface area contributed by atoms with Gasteiger partial charge < -0.3 is 4.74 Å². The van der Waals surface area contributed by atoms with Crippen molar-refractivity contribution in [3.8, 4) is 0 Å². The van der Waals surface area contributed by atoms with E-state index in [0.717, 1.165) is 0 Å². The fourth-order valence-corrected chi connectivity index (χ4v) is 3.51. The summed E-state index contributed by atoms with van der Waals surface area (Å²) in [7, 11) is -2.13. The van der Waals surface area contributed by atoms with Crippen molar-refractivity contribution in [3.05, 3.63) is 34.9 Å². The average molecular weight is 291 g/mol. The van der Waals surface area contributed by atoms with E-state index in [9.17, 15) is 13.2 Å². The van der Waals surface area contributed by atoms with Crippen LogP contribution in [0.2, 0.25) is 5.02 Å². The first-order chi connectivity index (χ1) is 8.34. The van der Waals surface area contributed by atoms with Crippen molar-refractivity contribution < 1.29 is 17.9 Å². The number of halogens is 1. The Morgan fingerprint density at radius 3 is 2.67 bits per heavy atom. The van der Waals surface area contributed by atoms with Gasteiger partial charge in [0.05, 0.1) is 24.5 Å². The number of sulfone groups is 1. The summed E-state index contributed by atoms with van der Waals surface area (Å²) in [4.78, 5) is 11.2. The summed E-state index contributed by atoms with van der Waals surface area (Å²) >= 11 is 5.78. The fourth-order valence-electron chi connectivity index (χ4n) is 1.59. The van der Waals surface area contributed by atoms with E-state index in [1.165, 1.54) is 14.0 Å². The van der Waals surface area contributed by atoms with E-state index in [4.69, 9.17) is 11.6 Å². The molecular formula is C12H15ClO4S. The number of carbonyl (C=O) groups excluding carboxylic acids is 1. The molecule has 0 N–H and O–H groups in total. The highest BCUT2D eigenvalue weighted by Crippen LogP contribution is 2.15. The molecule has 0 bridgehead atoms. The van der Waals surface area contributed by atoms with Crippen LogP contribution in [0.3, 0.4) is 0 Å². The smallest absolute Gasteiger partial charge is 0.309 e. The van der Waals surface area contributed by atoms with Crippen LogP contribution in [0.5, 0.6) is 0 Å². The van der Waals surface area contributed by atoms with Gasteiger partial charge in [0, 0.05) is 5.02 Å². The van der Waals surface area contributed by atoms with Gasteiger partial charge in [0.2, 0.25) is 0 Å². The predicted molar refractivity (Wildman–Crippen MR) is 70.1 cm³/mol. The molecule has 0 aliphatic heterocycles. The molecule has 0 amide bonds. The Labute approximate surface area is 112 Å². The zero-order valence-electron chi connectivity index (χ0n) is 10.2. The van der Waals surface area contributed by atoms with Crippen molar-refractivity contribution in [2.24, 2.45) is 5.92 Å². The molecule has 1 atom stereocenters. The molecule has 0 aromatic heterocycles. The average Bonchev–Trinajstić information content (AvgIpc) is 2.26. The zero-order chi connectivity index (χ0) is 13.8. The van der Waals surface area contributed by atoms with Gasteiger partial charge in [0.1, 0.15) is 0 Å². The minimum Gasteiger partial charge on any atom is -0.469 e. The summed E-state index contributed by atoms with van der Waals surface area (Å²) in [5, 5.41) is 0.490. The van der Waals surface area contributed by atoms with Crippen LogP contribution in [0.15, 0.2) is 24.3 Å². The molecule has 0 saturated heterocycles. The Balaban J connectivity index is 2.74. The van der Waals surface area contributed by atoms with Gasteiger partial charge in [-0.2, -0.15) is 0 Å². The maximum absolute atomic E-state index is 11.9. The monoisotopic (exact) mass is 290 g/mol. The molecule has 100 valence electrons. The minimum atomic E-state index is -3.37. The van der Waals surface area contributed by atoms with Crippen LogP contribution in [0.25, 0.3) is 0 Å². The maximum Gasteiger partial charge on any atom is 0.309 e. The lowest BCUT2D eigenvalue weighted by molar-refractivity contribution is -0.144. The van der Waals surface area contributed by atoms with E-state index >= 15 is 0 Å². The maximum atomic E-state index is 11.9. The molecule has 1 aromatic carbocycles. The van der Waals surface area contributed by atoms with Crippen molar-refractivity contribution >= 4 is 27.4 Å². The quantitative estimate of drug-likeness (QED) is 0.779. The van der Waals surface area contributed by atoms with Gasteiger partial charge in [-0.3, -0.25) is 4.79 Å². The number of hydrogen-bond donors (Lipinski definition) is 0. The van der Waals surface area contributed by atoms with Gasteiger partial charge in [-0.25, -0.2) is 8.42 Å². The van der Waals surface area contributed by atoms with Crippen molar-refractivity contribution in [1.82, 2.24) is 0 Å². The summed E-state index contributed by atoms with van der Waals surface area (Å²) in [6, 6.07) is 6.65. The Morgan fingerprint density at radius 2 is 2.11 bits per heavy atom. The molecule has 18 heavy (non-hydrogen) atoms. The van der Waals surface area contributed by atoms with E-state index in [2.05, 4.69) is 4.74 Å². The Bertz CT molecular complexity index is 525. The Morgan fingerprint density at radius 1 is 1.44 bits per heavy atom. The summed E-state index contributed by atoms with van der Waals surface area (Å²) < 4.78 is 28.3. The number of esters is 1. The van der Waals surface area contributed by atoms with Gasteiger partial charge in [0.25, 0.3) is 0 Å². The lowest BCUT2D eigenvalue weighted by atomic mass is 10.2. The number of rotatable bonds is 5. The highest BCUT2D eigenvalue weighted by molar-refractivity contribution is 7.90. The minimum absolute atomic E-state index is 0.130. The second-order valence-electron chi connectivity index (χ2n) is 4.11. The standard InChI is InChI=1S/C12H15ClO4S/c1-9(12(14)17-2)7-18(15,16)8-10-4-3-5-11(13)6-10/h3-6,9H,7-8H2,1-2H3. The first-order valence-electron chi connectivity index (χ1n) is 5.37. The van der Waals surface area contributed by atoms with Crippen LogP contribution in [0.1, 0.15) is 12.5 Å². The molecular weight excluding hydrogens is 276 g/mol. The van der Waals surface area contributed by atoms with E-state index in [-0.39, 0.29) is 11.5 Å². The van der Waals surface area contributed by atoms with E-state index in [1.54, 1.807) is 24.3 Å². The molecule has 0 aliphatic carbocycles. The highest BCUT2D eigenvalue weighted by Gasteiger charge is 2.22. The summed E-state index contributed by atoms with van der Waals surface area (Å²) in [5.74, 6) is -1.55. The molecule has 1 rings (SSSR count). The number of hydrogen-bond acceptors (Lipinski definition) is 4. The van der Waals surface area contributed by atoms with Crippen LogP contribution in [-0.4, -0.2) is 27.2 Å². The largest absolute Gasteiger partial charge is 0.469 e. The molecule has 0 aliphatic rings. The third-order valence-electron chi connectivity index (χ3n) is 2.38. The fraction of sp³-hybridized carbons (Fsp3) is 0.417. The number of ether oxygens (including phenoxy) is 1. The summed E-state index contributed by atoms with van der Waals surface area (Å²) in [6.07, 6.45) is 0. The normalized spacial score (nSPS) is 13.1. The molecule has 1 unspecified atom stereocenters. The third kappa shape index (κ3) is 4.66. The van der Waals surface area contributed by atoms with Gasteiger partial charge in [-0.1, -0.05) is 30.7 Å². The lowest BCUT2D eigenvalue weighted by Gasteiger charge is -2.10. The molecule has 0 radical (unpaired) electrons. The van der Waals surface area contributed by atoms with E-state index in [1.807, 2.05) is 0 Å². The zero-order valence-corrected chi connectivity index (χ0v) is 11.8. The molecule has 0 saturated carbocycles. The number of methoxy groups -OCH3 is 1. The lowest BCUT2D eigenvalue weighted by Crippen LogP contribution is -2.23. The van der Waals surface area contributed by atoms with Crippen molar-refractivity contribution in [2.75, 3.05) is 12.9 Å². The number of benzene rings is 1. The first kappa shape index (κ1) is 15.0. The number of carbonyl (C=O) groups is 1. The van der Waals surface area contributed by atoms with Crippen LogP contribution < -0.4 is 0 Å². The van der Waals surface area contributed by atoms with E-state index in [0.29, 0.717) is 10.6 Å². The molecule has 0 fully saturated rings. The van der Waals surface area contributed by atoms with Crippen LogP contribution in [0, 0.1) is 5.92 Å². The highest BCUT2D eigenvalue weighted by atomic mass is 35.5. The molecule has 1 aromatic rings. The van der Waals surface area contributed by atoms with Crippen molar-refractivity contribution in [3.63, 3.8) is 0 Å². The van der Waals surface area contributed by atoms with Gasteiger partial charge in [-0.15, -0.1) is 0 Å². The van der Waals surface area contributed by atoms with Crippen molar-refractivity contribution in [1.29, 1.82) is 0 Å². The molecule has 6 heteroatoms. The van der Waals surface area contributed by atoms with Crippen LogP contribution >= 0.6 is 11.6 Å². The third-order valence-corrected chi connectivity index (χ3v) is 4.40. The predicted octanol–water partition coefficient (Wildman–Crippen LogP) is 2.06. The second-order valence-corrected chi connectivity index (χ2v) is 6.65. The summed E-state index contributed by atoms with van der Waals surface area (Å²) in [5.41, 5.74) is 0.611. The first-order valence-corrected chi connectivity index (χ1v) is 7.56. The van der Waals surface area contributed by atoms with Crippen LogP contribution in [0.4, 0.5) is 0 Å². The molecule has 0 spiro atoms. The topological polar surface area (TPSA) is 60.4 Å². The summed E-state index contributed by atoms with van der Waals surface area (Å²) in [6.45, 7) is 1.53. The van der Waals surface area contributed by atoms with Gasteiger partial charge in [-0.05, 0) is 17.7 Å². The van der Waals surface area contributed by atoms with E-state index < -0.39 is 21.7 Å². The van der Waals surface area contributed by atoms with Crippen LogP contribution in [-0.2, 0) is 25.1 Å². The SMILES string of the molecule is COC(=O)C(C)CS(=O)(=O)Cc1cccc(Cl)c1. The molecule has 0 heterocycles. The van der Waals surface area contributed by atoms with Gasteiger partial charge in [0.15, 0.2) is 9.84 Å². The Kier molecular flexibility index (Phi) is 5.16. The van der Waals surface area contributed by atoms with Crippen molar-refractivity contribution in [2.45, 2.75) is 12.7 Å². The van der Waals surface area contributed by atoms with Gasteiger partial charge >= 0.3 is 5.97 Å². The Hall–Kier alpha value is -1.07.